The molecule has 0 saturated heterocycles. The first-order chi connectivity index (χ1) is 7.26. The number of imidazole rings is 1. The van der Waals surface area contributed by atoms with Gasteiger partial charge in [-0.05, 0) is 30.7 Å². The van der Waals surface area contributed by atoms with E-state index in [1.165, 1.54) is 17.1 Å². The number of rotatable bonds is 4. The number of nitro groups is 1. The minimum Gasteiger partial charge on any atom is -0.481 e. The number of carboxylic acid groups (broad SMARTS) is 1. The Kier molecular flexibility index (Phi) is 2.97. The average Bonchev–Trinajstić information content (AvgIpc) is 2.65. The topological polar surface area (TPSA) is 98.3 Å². The molecule has 0 bridgehead atoms. The van der Waals surface area contributed by atoms with E-state index in [-0.39, 0.29) is 5.82 Å². The standard InChI is InChI=1S/C9H13N3O4/c1-6(8(13)14)9(2,3)11-4-7(10-5-11)12(15)16/h4-6H,1-3H3,(H,13,14). The van der Waals surface area contributed by atoms with Gasteiger partial charge in [-0.1, -0.05) is 0 Å². The zero-order chi connectivity index (χ0) is 12.5. The molecule has 0 aliphatic carbocycles. The molecule has 88 valence electrons. The Bertz CT molecular complexity index is 424. The normalized spacial score (nSPS) is 13.4. The molecular formula is C9H13N3O4. The van der Waals surface area contributed by atoms with E-state index in [2.05, 4.69) is 4.98 Å². The lowest BCUT2D eigenvalue weighted by molar-refractivity contribution is -0.389. The number of aliphatic carboxylic acids is 1. The van der Waals surface area contributed by atoms with Crippen LogP contribution in [0.3, 0.4) is 0 Å². The highest BCUT2D eigenvalue weighted by molar-refractivity contribution is 5.70. The Balaban J connectivity index is 3.06. The largest absolute Gasteiger partial charge is 0.481 e. The Morgan fingerprint density at radius 1 is 1.69 bits per heavy atom. The monoisotopic (exact) mass is 227 g/mol. The Hall–Kier alpha value is -1.92. The van der Waals surface area contributed by atoms with Crippen LogP contribution in [0.15, 0.2) is 12.5 Å². The molecule has 7 nitrogen and oxygen atoms in total. The summed E-state index contributed by atoms with van der Waals surface area (Å²) in [5.41, 5.74) is -0.771. The van der Waals surface area contributed by atoms with Crippen LogP contribution in [0.25, 0.3) is 0 Å². The van der Waals surface area contributed by atoms with Crippen molar-refractivity contribution in [2.75, 3.05) is 0 Å². The van der Waals surface area contributed by atoms with Gasteiger partial charge in [-0.15, -0.1) is 0 Å². The minimum atomic E-state index is -0.957. The lowest BCUT2D eigenvalue weighted by atomic mass is 9.89. The van der Waals surface area contributed by atoms with E-state index >= 15 is 0 Å². The quantitative estimate of drug-likeness (QED) is 0.616. The van der Waals surface area contributed by atoms with Gasteiger partial charge in [0.1, 0.15) is 6.20 Å². The van der Waals surface area contributed by atoms with Crippen LogP contribution >= 0.6 is 0 Å². The molecule has 0 saturated carbocycles. The molecule has 0 spiro atoms. The summed E-state index contributed by atoms with van der Waals surface area (Å²) in [6.45, 7) is 4.93. The van der Waals surface area contributed by atoms with Crippen molar-refractivity contribution in [1.29, 1.82) is 0 Å². The van der Waals surface area contributed by atoms with Crippen molar-refractivity contribution < 1.29 is 14.8 Å². The van der Waals surface area contributed by atoms with Crippen LogP contribution in [0.2, 0.25) is 0 Å². The maximum Gasteiger partial charge on any atom is 0.381 e. The van der Waals surface area contributed by atoms with E-state index in [1.807, 2.05) is 0 Å². The molecule has 1 N–H and O–H groups in total. The molecule has 0 radical (unpaired) electrons. The summed E-state index contributed by atoms with van der Waals surface area (Å²) in [5, 5.41) is 19.4. The van der Waals surface area contributed by atoms with Gasteiger partial charge in [-0.3, -0.25) is 4.79 Å². The molecule has 1 rings (SSSR count). The van der Waals surface area contributed by atoms with Crippen LogP contribution in [0.4, 0.5) is 5.82 Å². The third-order valence-electron chi connectivity index (χ3n) is 2.85. The maximum atomic E-state index is 10.9. The predicted molar refractivity (Wildman–Crippen MR) is 55.0 cm³/mol. The smallest absolute Gasteiger partial charge is 0.381 e. The van der Waals surface area contributed by atoms with Crippen molar-refractivity contribution in [2.24, 2.45) is 5.92 Å². The third-order valence-corrected chi connectivity index (χ3v) is 2.85. The van der Waals surface area contributed by atoms with Gasteiger partial charge in [0.05, 0.1) is 11.5 Å². The van der Waals surface area contributed by atoms with Gasteiger partial charge in [-0.2, -0.15) is 0 Å². The second-order valence-electron chi connectivity index (χ2n) is 4.11. The molecule has 0 aromatic carbocycles. The van der Waals surface area contributed by atoms with E-state index in [4.69, 9.17) is 5.11 Å². The van der Waals surface area contributed by atoms with Gasteiger partial charge in [0.25, 0.3) is 0 Å². The van der Waals surface area contributed by atoms with Gasteiger partial charge in [0.15, 0.2) is 0 Å². The van der Waals surface area contributed by atoms with Gasteiger partial charge >= 0.3 is 11.8 Å². The van der Waals surface area contributed by atoms with Crippen molar-refractivity contribution in [3.05, 3.63) is 22.6 Å². The summed E-state index contributed by atoms with van der Waals surface area (Å²) in [4.78, 5) is 24.3. The fraction of sp³-hybridized carbons (Fsp3) is 0.556. The molecule has 1 unspecified atom stereocenters. The van der Waals surface area contributed by atoms with Gasteiger partial charge < -0.3 is 19.8 Å². The van der Waals surface area contributed by atoms with E-state index in [0.717, 1.165) is 0 Å². The van der Waals surface area contributed by atoms with Crippen LogP contribution in [-0.2, 0) is 10.3 Å². The van der Waals surface area contributed by atoms with E-state index in [9.17, 15) is 14.9 Å². The fourth-order valence-corrected chi connectivity index (χ4v) is 1.25. The van der Waals surface area contributed by atoms with Crippen LogP contribution in [0, 0.1) is 16.0 Å². The number of carbonyl (C=O) groups is 1. The molecule has 0 fully saturated rings. The molecule has 0 aliphatic rings. The van der Waals surface area contributed by atoms with Crippen molar-refractivity contribution >= 4 is 11.8 Å². The fourth-order valence-electron chi connectivity index (χ4n) is 1.25. The second-order valence-corrected chi connectivity index (χ2v) is 4.11. The first kappa shape index (κ1) is 12.2. The summed E-state index contributed by atoms with van der Waals surface area (Å²) in [6.07, 6.45) is 2.51. The van der Waals surface area contributed by atoms with E-state index < -0.39 is 22.3 Å². The lowest BCUT2D eigenvalue weighted by Gasteiger charge is -2.29. The summed E-state index contributed by atoms with van der Waals surface area (Å²) in [6, 6.07) is 0. The average molecular weight is 227 g/mol. The molecule has 0 amide bonds. The molecule has 1 aromatic heterocycles. The van der Waals surface area contributed by atoms with Crippen LogP contribution < -0.4 is 0 Å². The van der Waals surface area contributed by atoms with Crippen LogP contribution in [0.5, 0.6) is 0 Å². The highest BCUT2D eigenvalue weighted by Crippen LogP contribution is 2.26. The molecule has 16 heavy (non-hydrogen) atoms. The van der Waals surface area contributed by atoms with Crippen molar-refractivity contribution in [3.8, 4) is 0 Å². The SMILES string of the molecule is CC(C(=O)O)C(C)(C)n1cnc([N+](=O)[O-])c1. The van der Waals surface area contributed by atoms with Crippen LogP contribution in [0.1, 0.15) is 20.8 Å². The summed E-state index contributed by atoms with van der Waals surface area (Å²) in [7, 11) is 0. The summed E-state index contributed by atoms with van der Waals surface area (Å²) < 4.78 is 1.45. The first-order valence-corrected chi connectivity index (χ1v) is 4.68. The third kappa shape index (κ3) is 2.02. The number of nitrogens with zero attached hydrogens (tertiary/aromatic N) is 3. The Morgan fingerprint density at radius 3 is 2.62 bits per heavy atom. The van der Waals surface area contributed by atoms with Crippen molar-refractivity contribution in [2.45, 2.75) is 26.3 Å². The van der Waals surface area contributed by atoms with Crippen molar-refractivity contribution in [1.82, 2.24) is 9.55 Å². The maximum absolute atomic E-state index is 10.9. The highest BCUT2D eigenvalue weighted by atomic mass is 16.6. The molecule has 1 aromatic rings. The molecule has 1 atom stereocenters. The van der Waals surface area contributed by atoms with E-state index in [1.54, 1.807) is 20.8 Å². The number of aromatic nitrogens is 2. The van der Waals surface area contributed by atoms with Gasteiger partial charge in [0, 0.05) is 0 Å². The van der Waals surface area contributed by atoms with Gasteiger partial charge in [0.2, 0.25) is 6.33 Å². The van der Waals surface area contributed by atoms with Crippen LogP contribution in [-0.4, -0.2) is 25.6 Å². The molecule has 7 heteroatoms. The molecular weight excluding hydrogens is 214 g/mol. The highest BCUT2D eigenvalue weighted by Gasteiger charge is 2.34. The minimum absolute atomic E-state index is 0.286. The number of hydrogen-bond donors (Lipinski definition) is 1. The molecule has 1 heterocycles. The Labute approximate surface area is 91.9 Å². The zero-order valence-corrected chi connectivity index (χ0v) is 9.25. The Morgan fingerprint density at radius 2 is 2.25 bits per heavy atom. The van der Waals surface area contributed by atoms with Crippen molar-refractivity contribution in [3.63, 3.8) is 0 Å². The summed E-state index contributed by atoms with van der Waals surface area (Å²) >= 11 is 0. The first-order valence-electron chi connectivity index (χ1n) is 4.68. The lowest BCUT2D eigenvalue weighted by Crippen LogP contribution is -2.37. The van der Waals surface area contributed by atoms with E-state index in [0.29, 0.717) is 0 Å². The number of hydrogen-bond acceptors (Lipinski definition) is 4. The zero-order valence-electron chi connectivity index (χ0n) is 9.25. The second kappa shape index (κ2) is 3.92. The predicted octanol–water partition coefficient (Wildman–Crippen LogP) is 1.25. The molecule has 0 aliphatic heterocycles. The summed E-state index contributed by atoms with van der Waals surface area (Å²) in [5.74, 6) is -1.92. The number of carboxylic acids is 1. The van der Waals surface area contributed by atoms with Gasteiger partial charge in [-0.25, -0.2) is 0 Å².